The van der Waals surface area contributed by atoms with Gasteiger partial charge in [0.15, 0.2) is 0 Å². The number of thiazole rings is 1. The first-order chi connectivity index (χ1) is 15.4. The molecule has 0 bridgehead atoms. The maximum absolute atomic E-state index is 12.6. The SMILES string of the molecule is Cc1cc(C)c(NC(=O)Cc2csc(-c3ccc(CN4CCN(C)CC4)cc3)n2)c(C)c1. The summed E-state index contributed by atoms with van der Waals surface area (Å²) >= 11 is 1.59. The Balaban J connectivity index is 1.36. The summed E-state index contributed by atoms with van der Waals surface area (Å²) in [6.45, 7) is 11.6. The topological polar surface area (TPSA) is 48.5 Å². The van der Waals surface area contributed by atoms with Crippen molar-refractivity contribution < 1.29 is 4.79 Å². The van der Waals surface area contributed by atoms with Gasteiger partial charge in [-0.15, -0.1) is 11.3 Å². The number of nitrogens with zero attached hydrogens (tertiary/aromatic N) is 3. The fourth-order valence-electron chi connectivity index (χ4n) is 4.26. The highest BCUT2D eigenvalue weighted by molar-refractivity contribution is 7.13. The van der Waals surface area contributed by atoms with Crippen molar-refractivity contribution in [3.05, 3.63) is 69.7 Å². The molecule has 1 amide bonds. The maximum Gasteiger partial charge on any atom is 0.230 e. The summed E-state index contributed by atoms with van der Waals surface area (Å²) in [7, 11) is 2.18. The van der Waals surface area contributed by atoms with Crippen LogP contribution in [0.5, 0.6) is 0 Å². The number of benzene rings is 2. The second-order valence-corrected chi connectivity index (χ2v) is 9.78. The molecule has 0 radical (unpaired) electrons. The van der Waals surface area contributed by atoms with Crippen LogP contribution in [0.4, 0.5) is 5.69 Å². The van der Waals surface area contributed by atoms with Crippen LogP contribution in [0, 0.1) is 20.8 Å². The van der Waals surface area contributed by atoms with Crippen LogP contribution in [0.25, 0.3) is 10.6 Å². The molecule has 32 heavy (non-hydrogen) atoms. The molecule has 0 atom stereocenters. The zero-order valence-corrected chi connectivity index (χ0v) is 20.3. The molecule has 1 aromatic heterocycles. The van der Waals surface area contributed by atoms with Crippen LogP contribution in [0.3, 0.4) is 0 Å². The van der Waals surface area contributed by atoms with E-state index in [2.05, 4.69) is 65.5 Å². The molecule has 2 aromatic carbocycles. The Morgan fingerprint density at radius 2 is 1.69 bits per heavy atom. The van der Waals surface area contributed by atoms with E-state index in [1.807, 2.05) is 19.2 Å². The Morgan fingerprint density at radius 3 is 2.34 bits per heavy atom. The van der Waals surface area contributed by atoms with E-state index in [9.17, 15) is 4.79 Å². The molecule has 5 nitrogen and oxygen atoms in total. The number of nitrogens with one attached hydrogen (secondary N) is 1. The van der Waals surface area contributed by atoms with Gasteiger partial charge in [0, 0.05) is 49.4 Å². The molecule has 2 heterocycles. The van der Waals surface area contributed by atoms with E-state index in [0.29, 0.717) is 0 Å². The van der Waals surface area contributed by atoms with Gasteiger partial charge in [-0.1, -0.05) is 42.0 Å². The smallest absolute Gasteiger partial charge is 0.230 e. The number of aromatic nitrogens is 1. The molecule has 1 aliphatic heterocycles. The molecular weight excluding hydrogens is 416 g/mol. The van der Waals surface area contributed by atoms with Crippen LogP contribution < -0.4 is 5.32 Å². The van der Waals surface area contributed by atoms with Gasteiger partial charge >= 0.3 is 0 Å². The van der Waals surface area contributed by atoms with Crippen LogP contribution in [0.1, 0.15) is 27.9 Å². The molecule has 0 aliphatic carbocycles. The maximum atomic E-state index is 12.6. The lowest BCUT2D eigenvalue weighted by Gasteiger charge is -2.32. The largest absolute Gasteiger partial charge is 0.325 e. The molecule has 1 saturated heterocycles. The van der Waals surface area contributed by atoms with Crippen molar-refractivity contribution >= 4 is 22.9 Å². The normalized spacial score (nSPS) is 15.1. The molecule has 0 unspecified atom stereocenters. The summed E-state index contributed by atoms with van der Waals surface area (Å²) in [5.41, 5.74) is 7.54. The highest BCUT2D eigenvalue weighted by Gasteiger charge is 2.15. The lowest BCUT2D eigenvalue weighted by atomic mass is 10.0. The van der Waals surface area contributed by atoms with Gasteiger partial charge in [-0.05, 0) is 44.5 Å². The van der Waals surface area contributed by atoms with Crippen LogP contribution in [0.2, 0.25) is 0 Å². The van der Waals surface area contributed by atoms with E-state index in [4.69, 9.17) is 4.98 Å². The fourth-order valence-corrected chi connectivity index (χ4v) is 5.09. The minimum absolute atomic E-state index is 0.0283. The second kappa shape index (κ2) is 9.94. The monoisotopic (exact) mass is 448 g/mol. The number of amides is 1. The van der Waals surface area contributed by atoms with Crippen molar-refractivity contribution in [1.82, 2.24) is 14.8 Å². The fraction of sp³-hybridized carbons (Fsp3) is 0.385. The van der Waals surface area contributed by atoms with Gasteiger partial charge in [0.05, 0.1) is 12.1 Å². The lowest BCUT2D eigenvalue weighted by Crippen LogP contribution is -2.43. The predicted molar refractivity (Wildman–Crippen MR) is 133 cm³/mol. The van der Waals surface area contributed by atoms with Crippen LogP contribution in [-0.4, -0.2) is 53.9 Å². The summed E-state index contributed by atoms with van der Waals surface area (Å²) in [6, 6.07) is 12.9. The third-order valence-corrected chi connectivity index (χ3v) is 6.98. The van der Waals surface area contributed by atoms with Gasteiger partial charge in [-0.3, -0.25) is 9.69 Å². The van der Waals surface area contributed by atoms with Crippen LogP contribution in [-0.2, 0) is 17.8 Å². The zero-order valence-electron chi connectivity index (χ0n) is 19.4. The van der Waals surface area contributed by atoms with Gasteiger partial charge in [-0.2, -0.15) is 0 Å². The highest BCUT2D eigenvalue weighted by atomic mass is 32.1. The standard InChI is InChI=1S/C26H32N4OS/c1-18-13-19(2)25(20(3)14-18)28-24(31)15-23-17-32-26(27-23)22-7-5-21(6-8-22)16-30-11-9-29(4)10-12-30/h5-8,13-14,17H,9-12,15-16H2,1-4H3,(H,28,31). The summed E-state index contributed by atoms with van der Waals surface area (Å²) < 4.78 is 0. The van der Waals surface area contributed by atoms with Crippen molar-refractivity contribution in [2.75, 3.05) is 38.5 Å². The van der Waals surface area contributed by atoms with E-state index in [-0.39, 0.29) is 12.3 Å². The molecule has 6 heteroatoms. The Kier molecular flexibility index (Phi) is 7.04. The molecule has 3 aromatic rings. The van der Waals surface area contributed by atoms with Gasteiger partial charge in [-0.25, -0.2) is 4.98 Å². The number of carbonyl (C=O) groups excluding carboxylic acids is 1. The molecule has 0 spiro atoms. The summed E-state index contributed by atoms with van der Waals surface area (Å²) in [5.74, 6) is -0.0283. The minimum atomic E-state index is -0.0283. The molecule has 1 N–H and O–H groups in total. The number of carbonyl (C=O) groups is 1. The molecule has 1 aliphatic rings. The first kappa shape index (κ1) is 22.6. The molecule has 168 valence electrons. The van der Waals surface area contributed by atoms with E-state index < -0.39 is 0 Å². The van der Waals surface area contributed by atoms with E-state index in [1.54, 1.807) is 11.3 Å². The number of piperazine rings is 1. The Morgan fingerprint density at radius 1 is 1.03 bits per heavy atom. The number of hydrogen-bond acceptors (Lipinski definition) is 5. The van der Waals surface area contributed by atoms with Crippen molar-refractivity contribution in [3.63, 3.8) is 0 Å². The first-order valence-corrected chi connectivity index (χ1v) is 12.1. The third kappa shape index (κ3) is 5.63. The minimum Gasteiger partial charge on any atom is -0.325 e. The van der Waals surface area contributed by atoms with Crippen LogP contribution >= 0.6 is 11.3 Å². The van der Waals surface area contributed by atoms with Gasteiger partial charge in [0.2, 0.25) is 5.91 Å². The quantitative estimate of drug-likeness (QED) is 0.596. The van der Waals surface area contributed by atoms with Crippen molar-refractivity contribution in [2.24, 2.45) is 0 Å². The molecule has 0 saturated carbocycles. The second-order valence-electron chi connectivity index (χ2n) is 8.92. The van der Waals surface area contributed by atoms with Gasteiger partial charge in [0.25, 0.3) is 0 Å². The summed E-state index contributed by atoms with van der Waals surface area (Å²) in [4.78, 5) is 22.2. The highest BCUT2D eigenvalue weighted by Crippen LogP contribution is 2.26. The van der Waals surface area contributed by atoms with E-state index in [1.165, 1.54) is 11.1 Å². The molecular formula is C26H32N4OS. The van der Waals surface area contributed by atoms with Gasteiger partial charge < -0.3 is 10.2 Å². The predicted octanol–water partition coefficient (Wildman–Crippen LogP) is 4.66. The van der Waals surface area contributed by atoms with Crippen molar-refractivity contribution in [3.8, 4) is 10.6 Å². The van der Waals surface area contributed by atoms with Crippen molar-refractivity contribution in [2.45, 2.75) is 33.7 Å². The number of likely N-dealkylation sites (N-methyl/N-ethyl adjacent to an activating group) is 1. The van der Waals surface area contributed by atoms with Gasteiger partial charge in [0.1, 0.15) is 5.01 Å². The average Bonchev–Trinajstić information content (AvgIpc) is 3.21. The molecule has 4 rings (SSSR count). The Labute approximate surface area is 195 Å². The first-order valence-electron chi connectivity index (χ1n) is 11.2. The Bertz CT molecular complexity index is 1060. The summed E-state index contributed by atoms with van der Waals surface area (Å²) in [5, 5.41) is 6.02. The number of anilines is 1. The van der Waals surface area contributed by atoms with E-state index in [0.717, 1.165) is 65.8 Å². The molecule has 1 fully saturated rings. The van der Waals surface area contributed by atoms with Crippen LogP contribution in [0.15, 0.2) is 41.8 Å². The lowest BCUT2D eigenvalue weighted by molar-refractivity contribution is -0.115. The zero-order chi connectivity index (χ0) is 22.7. The third-order valence-electron chi connectivity index (χ3n) is 6.04. The number of aryl methyl sites for hydroxylation is 3. The van der Waals surface area contributed by atoms with Crippen molar-refractivity contribution in [1.29, 1.82) is 0 Å². The average molecular weight is 449 g/mol. The Hall–Kier alpha value is -2.54. The number of hydrogen-bond donors (Lipinski definition) is 1. The summed E-state index contributed by atoms with van der Waals surface area (Å²) in [6.07, 6.45) is 0.282. The van der Waals surface area contributed by atoms with E-state index >= 15 is 0 Å². The number of rotatable bonds is 6.